The van der Waals surface area contributed by atoms with Crippen LogP contribution in [-0.2, 0) is 19.9 Å². The third-order valence-corrected chi connectivity index (χ3v) is 2.96. The highest BCUT2D eigenvalue weighted by Crippen LogP contribution is 2.38. The van der Waals surface area contributed by atoms with Crippen LogP contribution in [0, 0.1) is 0 Å². The molecule has 1 heterocycles. The summed E-state index contributed by atoms with van der Waals surface area (Å²) in [5, 5.41) is 23.0. The van der Waals surface area contributed by atoms with E-state index < -0.39 is 29.2 Å². The van der Waals surface area contributed by atoms with E-state index in [0.717, 1.165) is 0 Å². The molecule has 2 atom stereocenters. The van der Waals surface area contributed by atoms with Crippen molar-refractivity contribution in [2.75, 3.05) is 5.32 Å². The summed E-state index contributed by atoms with van der Waals surface area (Å²) in [6.07, 6.45) is -2.00. The number of amides is 1. The third kappa shape index (κ3) is 2.28. The average molecular weight is 279 g/mol. The van der Waals surface area contributed by atoms with Crippen LogP contribution in [0.25, 0.3) is 0 Å². The Balaban J connectivity index is 2.36. The van der Waals surface area contributed by atoms with Crippen LogP contribution < -0.4 is 5.32 Å². The molecule has 0 unspecified atom stereocenters. The van der Waals surface area contributed by atoms with Gasteiger partial charge in [-0.3, -0.25) is 4.79 Å². The van der Waals surface area contributed by atoms with Crippen LogP contribution in [0.2, 0.25) is 0 Å². The van der Waals surface area contributed by atoms with Crippen LogP contribution in [0.4, 0.5) is 5.69 Å². The normalized spacial score (nSPS) is 22.9. The van der Waals surface area contributed by atoms with E-state index in [1.165, 1.54) is 6.07 Å². The molecule has 0 fully saturated rings. The summed E-state index contributed by atoms with van der Waals surface area (Å²) < 4.78 is 5.01. The first-order valence-electron chi connectivity index (χ1n) is 6.20. The summed E-state index contributed by atoms with van der Waals surface area (Å²) >= 11 is 0. The lowest BCUT2D eigenvalue weighted by Gasteiger charge is -2.28. The second-order valence-corrected chi connectivity index (χ2v) is 5.70. The fraction of sp³-hybridized carbons (Fsp3) is 0.429. The van der Waals surface area contributed by atoms with Gasteiger partial charge in [0.15, 0.2) is 6.10 Å². The summed E-state index contributed by atoms with van der Waals surface area (Å²) in [7, 11) is 0. The van der Waals surface area contributed by atoms with Crippen molar-refractivity contribution in [3.05, 3.63) is 29.8 Å². The summed E-state index contributed by atoms with van der Waals surface area (Å²) in [6.45, 7) is 4.89. The van der Waals surface area contributed by atoms with E-state index in [9.17, 15) is 19.8 Å². The highest BCUT2D eigenvalue weighted by Gasteiger charge is 2.54. The molecular formula is C14H17NO5. The number of para-hydroxylation sites is 1. The Bertz CT molecular complexity index is 563. The van der Waals surface area contributed by atoms with Crippen LogP contribution >= 0.6 is 0 Å². The van der Waals surface area contributed by atoms with E-state index in [1.807, 2.05) is 0 Å². The lowest BCUT2D eigenvalue weighted by atomic mass is 9.89. The van der Waals surface area contributed by atoms with Crippen LogP contribution in [0.1, 0.15) is 26.3 Å². The molecule has 0 spiro atoms. The summed E-state index contributed by atoms with van der Waals surface area (Å²) in [5.41, 5.74) is -2.65. The molecule has 6 nitrogen and oxygen atoms in total. The molecule has 1 aliphatic heterocycles. The minimum absolute atomic E-state index is 0.156. The van der Waals surface area contributed by atoms with Gasteiger partial charge in [-0.15, -0.1) is 0 Å². The number of carbonyl (C=O) groups excluding carboxylic acids is 2. The Hall–Kier alpha value is -1.92. The topological polar surface area (TPSA) is 95.9 Å². The van der Waals surface area contributed by atoms with Crippen LogP contribution in [-0.4, -0.2) is 33.8 Å². The van der Waals surface area contributed by atoms with Crippen LogP contribution in [0.3, 0.4) is 0 Å². The molecule has 0 radical (unpaired) electrons. The highest BCUT2D eigenvalue weighted by molar-refractivity contribution is 6.07. The number of benzene rings is 1. The van der Waals surface area contributed by atoms with E-state index in [2.05, 4.69) is 5.32 Å². The number of aliphatic hydroxyl groups excluding tert-OH is 1. The van der Waals surface area contributed by atoms with Gasteiger partial charge in [0.25, 0.3) is 5.91 Å². The molecule has 0 saturated heterocycles. The van der Waals surface area contributed by atoms with Gasteiger partial charge >= 0.3 is 5.97 Å². The second kappa shape index (κ2) is 4.57. The SMILES string of the molecule is CC(C)(C)OC(=O)[C@@H](O)[C@]1(O)C(=O)Nc2ccccc21. The first-order valence-corrected chi connectivity index (χ1v) is 6.20. The molecule has 0 aromatic heterocycles. The summed E-state index contributed by atoms with van der Waals surface area (Å²) in [5.74, 6) is -1.90. The number of fused-ring (bicyclic) bond motifs is 1. The molecule has 0 saturated carbocycles. The summed E-state index contributed by atoms with van der Waals surface area (Å²) in [4.78, 5) is 23.8. The van der Waals surface area contributed by atoms with Gasteiger partial charge in [-0.1, -0.05) is 18.2 Å². The number of hydrogen-bond donors (Lipinski definition) is 3. The van der Waals surface area contributed by atoms with Crippen LogP contribution in [0.5, 0.6) is 0 Å². The van der Waals surface area contributed by atoms with Crippen molar-refractivity contribution in [1.29, 1.82) is 0 Å². The molecule has 0 aliphatic carbocycles. The maximum absolute atomic E-state index is 11.9. The Morgan fingerprint density at radius 2 is 1.95 bits per heavy atom. The number of anilines is 1. The van der Waals surface area contributed by atoms with Gasteiger partial charge in [-0.2, -0.15) is 0 Å². The average Bonchev–Trinajstić information content (AvgIpc) is 2.60. The number of nitrogens with one attached hydrogen (secondary N) is 1. The number of rotatable bonds is 2. The van der Waals surface area contributed by atoms with Crippen molar-refractivity contribution < 1.29 is 24.5 Å². The molecule has 0 bridgehead atoms. The molecule has 108 valence electrons. The van der Waals surface area contributed by atoms with Crippen molar-refractivity contribution in [3.63, 3.8) is 0 Å². The van der Waals surface area contributed by atoms with Gasteiger partial charge in [0.2, 0.25) is 5.60 Å². The summed E-state index contributed by atoms with van der Waals surface area (Å²) in [6, 6.07) is 6.32. The number of carbonyl (C=O) groups is 2. The van der Waals surface area contributed by atoms with Gasteiger partial charge in [0.05, 0.1) is 0 Å². The predicted octanol–water partition coefficient (Wildman–Crippen LogP) is 0.529. The first-order chi connectivity index (χ1) is 9.16. The van der Waals surface area contributed by atoms with E-state index >= 15 is 0 Å². The Morgan fingerprint density at radius 3 is 2.55 bits per heavy atom. The molecule has 3 N–H and O–H groups in total. The molecule has 2 rings (SSSR count). The smallest absolute Gasteiger partial charge is 0.339 e. The molecule has 6 heteroatoms. The zero-order chi connectivity index (χ0) is 15.1. The Labute approximate surface area is 116 Å². The highest BCUT2D eigenvalue weighted by atomic mass is 16.6. The Kier molecular flexibility index (Phi) is 3.31. The molecule has 1 aromatic carbocycles. The minimum Gasteiger partial charge on any atom is -0.458 e. The quantitative estimate of drug-likeness (QED) is 0.686. The molecule has 1 aliphatic rings. The minimum atomic E-state index is -2.33. The van der Waals surface area contributed by atoms with Gasteiger partial charge in [-0.25, -0.2) is 4.79 Å². The number of aliphatic hydroxyl groups is 2. The van der Waals surface area contributed by atoms with Crippen molar-refractivity contribution in [3.8, 4) is 0 Å². The zero-order valence-corrected chi connectivity index (χ0v) is 11.5. The monoisotopic (exact) mass is 279 g/mol. The van der Waals surface area contributed by atoms with Crippen LogP contribution in [0.15, 0.2) is 24.3 Å². The van der Waals surface area contributed by atoms with Gasteiger partial charge in [0.1, 0.15) is 5.60 Å². The van der Waals surface area contributed by atoms with Crippen molar-refractivity contribution in [2.24, 2.45) is 0 Å². The maximum Gasteiger partial charge on any atom is 0.339 e. The first kappa shape index (κ1) is 14.5. The van der Waals surface area contributed by atoms with E-state index in [4.69, 9.17) is 4.74 Å². The fourth-order valence-corrected chi connectivity index (χ4v) is 2.06. The van der Waals surface area contributed by atoms with Crippen molar-refractivity contribution >= 4 is 17.6 Å². The van der Waals surface area contributed by atoms with E-state index in [0.29, 0.717) is 5.69 Å². The van der Waals surface area contributed by atoms with E-state index in [1.54, 1.807) is 39.0 Å². The number of ether oxygens (including phenoxy) is 1. The number of hydrogen-bond acceptors (Lipinski definition) is 5. The number of esters is 1. The van der Waals surface area contributed by atoms with Crippen molar-refractivity contribution in [1.82, 2.24) is 0 Å². The van der Waals surface area contributed by atoms with Crippen molar-refractivity contribution in [2.45, 2.75) is 38.1 Å². The molecule has 20 heavy (non-hydrogen) atoms. The predicted molar refractivity (Wildman–Crippen MR) is 70.8 cm³/mol. The van der Waals surface area contributed by atoms with Gasteiger partial charge < -0.3 is 20.3 Å². The molecular weight excluding hydrogens is 262 g/mol. The maximum atomic E-state index is 11.9. The lowest BCUT2D eigenvalue weighted by Crippen LogP contribution is -2.51. The zero-order valence-electron chi connectivity index (χ0n) is 11.5. The van der Waals surface area contributed by atoms with Gasteiger partial charge in [-0.05, 0) is 26.8 Å². The second-order valence-electron chi connectivity index (χ2n) is 5.70. The Morgan fingerprint density at radius 1 is 1.35 bits per heavy atom. The molecule has 1 aromatic rings. The largest absolute Gasteiger partial charge is 0.458 e. The lowest BCUT2D eigenvalue weighted by molar-refractivity contribution is -0.183. The third-order valence-electron chi connectivity index (χ3n) is 2.96. The van der Waals surface area contributed by atoms with E-state index in [-0.39, 0.29) is 5.56 Å². The van der Waals surface area contributed by atoms with Gasteiger partial charge in [0, 0.05) is 11.3 Å². The standard InChI is InChI=1S/C14H17NO5/c1-13(2,3)20-11(17)10(16)14(19)8-6-4-5-7-9(8)15-12(14)18/h4-7,10,16,19H,1-3H3,(H,15,18)/t10-,14+/m1/s1. The molecule has 1 amide bonds. The fourth-order valence-electron chi connectivity index (χ4n) is 2.06.